The number of hydrogen-bond acceptors (Lipinski definition) is 5. The lowest BCUT2D eigenvalue weighted by Gasteiger charge is -2.09. The van der Waals surface area contributed by atoms with E-state index in [1.54, 1.807) is 13.8 Å². The van der Waals surface area contributed by atoms with Crippen molar-refractivity contribution in [3.05, 3.63) is 11.8 Å². The Morgan fingerprint density at radius 2 is 1.88 bits per heavy atom. The number of nitrogens with one attached hydrogen (secondary N) is 1. The summed E-state index contributed by atoms with van der Waals surface area (Å²) in [5, 5.41) is 3.13. The maximum absolute atomic E-state index is 11.3. The molecule has 0 atom stereocenters. The average Bonchev–Trinajstić information content (AvgIpc) is 3.01. The van der Waals surface area contributed by atoms with Crippen LogP contribution in [0.15, 0.2) is 11.8 Å². The minimum absolute atomic E-state index is 0.0865. The van der Waals surface area contributed by atoms with Gasteiger partial charge in [0, 0.05) is 17.8 Å². The van der Waals surface area contributed by atoms with Crippen molar-refractivity contribution in [2.24, 2.45) is 0 Å². The molecule has 0 spiro atoms. The molecular weight excluding hydrogens is 222 g/mol. The van der Waals surface area contributed by atoms with Gasteiger partial charge < -0.3 is 14.8 Å². The van der Waals surface area contributed by atoms with Gasteiger partial charge in [0.05, 0.1) is 19.6 Å². The largest absolute Gasteiger partial charge is 0.466 e. The highest BCUT2D eigenvalue weighted by molar-refractivity contribution is 5.84. The third-order valence-corrected chi connectivity index (χ3v) is 2.19. The fourth-order valence-electron chi connectivity index (χ4n) is 1.33. The summed E-state index contributed by atoms with van der Waals surface area (Å²) >= 11 is 0. The second-order valence-electron chi connectivity index (χ2n) is 3.82. The topological polar surface area (TPSA) is 64.6 Å². The molecule has 0 aromatic carbocycles. The van der Waals surface area contributed by atoms with Gasteiger partial charge in [-0.05, 0) is 26.7 Å². The Bertz CT molecular complexity index is 308. The van der Waals surface area contributed by atoms with Crippen molar-refractivity contribution < 1.29 is 19.1 Å². The smallest absolute Gasteiger partial charge is 0.332 e. The monoisotopic (exact) mass is 241 g/mol. The fraction of sp³-hybridized carbons (Fsp3) is 0.667. The second kappa shape index (κ2) is 6.93. The Morgan fingerprint density at radius 1 is 1.24 bits per heavy atom. The van der Waals surface area contributed by atoms with Crippen LogP contribution in [0.3, 0.4) is 0 Å². The number of esters is 2. The molecule has 1 rings (SSSR count). The third kappa shape index (κ3) is 5.94. The van der Waals surface area contributed by atoms with Gasteiger partial charge in [-0.3, -0.25) is 4.79 Å². The maximum atomic E-state index is 11.3. The van der Waals surface area contributed by atoms with Gasteiger partial charge in [0.25, 0.3) is 0 Å². The van der Waals surface area contributed by atoms with Gasteiger partial charge in [0.15, 0.2) is 0 Å². The van der Waals surface area contributed by atoms with Crippen LogP contribution in [0.5, 0.6) is 0 Å². The van der Waals surface area contributed by atoms with Gasteiger partial charge >= 0.3 is 11.9 Å². The predicted octanol–water partition coefficient (Wildman–Crippen LogP) is 1.14. The van der Waals surface area contributed by atoms with Crippen molar-refractivity contribution in [3.8, 4) is 0 Å². The molecule has 0 bridgehead atoms. The summed E-state index contributed by atoms with van der Waals surface area (Å²) in [5.41, 5.74) is 0.574. The molecule has 1 fully saturated rings. The summed E-state index contributed by atoms with van der Waals surface area (Å²) in [6.45, 7) is 4.16. The van der Waals surface area contributed by atoms with E-state index in [1.165, 1.54) is 6.08 Å². The van der Waals surface area contributed by atoms with Gasteiger partial charge in [0.2, 0.25) is 0 Å². The first-order valence-electron chi connectivity index (χ1n) is 5.95. The standard InChI is InChI=1S/C12H19NO4/c1-3-16-11(14)7-10(13-9-5-6-9)8-12(15)17-4-2/h7,9,13H,3-6,8H2,1-2H3/b10-7-. The molecule has 5 heteroatoms. The Balaban J connectivity index is 2.51. The van der Waals surface area contributed by atoms with Gasteiger partial charge in [-0.25, -0.2) is 4.79 Å². The van der Waals surface area contributed by atoms with Crippen LogP contribution >= 0.6 is 0 Å². The van der Waals surface area contributed by atoms with Crippen molar-refractivity contribution in [1.29, 1.82) is 0 Å². The number of ether oxygens (including phenoxy) is 2. The summed E-state index contributed by atoms with van der Waals surface area (Å²) in [5.74, 6) is -0.767. The summed E-state index contributed by atoms with van der Waals surface area (Å²) in [6, 6.07) is 0.380. The van der Waals surface area contributed by atoms with Crippen LogP contribution in [0, 0.1) is 0 Å². The van der Waals surface area contributed by atoms with E-state index in [2.05, 4.69) is 5.32 Å². The molecule has 1 saturated carbocycles. The Kier molecular flexibility index (Phi) is 5.52. The highest BCUT2D eigenvalue weighted by Gasteiger charge is 2.23. The van der Waals surface area contributed by atoms with Crippen molar-refractivity contribution in [2.75, 3.05) is 13.2 Å². The summed E-state index contributed by atoms with van der Waals surface area (Å²) in [4.78, 5) is 22.6. The lowest BCUT2D eigenvalue weighted by molar-refractivity contribution is -0.142. The van der Waals surface area contributed by atoms with E-state index in [0.29, 0.717) is 25.0 Å². The molecule has 0 aliphatic heterocycles. The molecular formula is C12H19NO4. The molecule has 0 aromatic heterocycles. The van der Waals surface area contributed by atoms with E-state index in [1.807, 2.05) is 0 Å². The first-order chi connectivity index (χ1) is 8.15. The molecule has 0 unspecified atom stereocenters. The van der Waals surface area contributed by atoms with Crippen molar-refractivity contribution >= 4 is 11.9 Å². The molecule has 0 radical (unpaired) electrons. The molecule has 1 aliphatic rings. The highest BCUT2D eigenvalue weighted by atomic mass is 16.5. The van der Waals surface area contributed by atoms with E-state index >= 15 is 0 Å². The van der Waals surface area contributed by atoms with E-state index in [9.17, 15) is 9.59 Å². The maximum Gasteiger partial charge on any atom is 0.332 e. The number of carbonyl (C=O) groups excluding carboxylic acids is 2. The van der Waals surface area contributed by atoms with E-state index in [4.69, 9.17) is 9.47 Å². The first kappa shape index (κ1) is 13.5. The molecule has 96 valence electrons. The molecule has 0 amide bonds. The van der Waals surface area contributed by atoms with Crippen LogP contribution in [0.4, 0.5) is 0 Å². The minimum Gasteiger partial charge on any atom is -0.466 e. The van der Waals surface area contributed by atoms with Crippen molar-refractivity contribution in [1.82, 2.24) is 5.32 Å². The fourth-order valence-corrected chi connectivity index (χ4v) is 1.33. The second-order valence-corrected chi connectivity index (χ2v) is 3.82. The zero-order chi connectivity index (χ0) is 12.7. The van der Waals surface area contributed by atoms with Gasteiger partial charge in [-0.15, -0.1) is 0 Å². The lowest BCUT2D eigenvalue weighted by atomic mass is 10.3. The van der Waals surface area contributed by atoms with E-state index in [0.717, 1.165) is 12.8 Å². The zero-order valence-corrected chi connectivity index (χ0v) is 10.3. The number of carbonyl (C=O) groups is 2. The van der Waals surface area contributed by atoms with Crippen molar-refractivity contribution in [3.63, 3.8) is 0 Å². The van der Waals surface area contributed by atoms with Crippen LogP contribution < -0.4 is 5.32 Å². The van der Waals surface area contributed by atoms with Crippen LogP contribution in [-0.4, -0.2) is 31.2 Å². The molecule has 0 heterocycles. The summed E-state index contributed by atoms with van der Waals surface area (Å²) in [6.07, 6.45) is 3.56. The third-order valence-electron chi connectivity index (χ3n) is 2.19. The molecule has 1 aliphatic carbocycles. The van der Waals surface area contributed by atoms with Crippen LogP contribution in [0.25, 0.3) is 0 Å². The normalized spacial score (nSPS) is 15.3. The van der Waals surface area contributed by atoms with E-state index in [-0.39, 0.29) is 12.4 Å². The van der Waals surface area contributed by atoms with Gasteiger partial charge in [-0.1, -0.05) is 0 Å². The highest BCUT2D eigenvalue weighted by Crippen LogP contribution is 2.21. The van der Waals surface area contributed by atoms with Crippen LogP contribution in [0.2, 0.25) is 0 Å². The lowest BCUT2D eigenvalue weighted by Crippen LogP contribution is -2.21. The Labute approximate surface area is 101 Å². The Morgan fingerprint density at radius 3 is 2.41 bits per heavy atom. The number of hydrogen-bond donors (Lipinski definition) is 1. The van der Waals surface area contributed by atoms with Gasteiger partial charge in [-0.2, -0.15) is 0 Å². The first-order valence-corrected chi connectivity index (χ1v) is 5.95. The van der Waals surface area contributed by atoms with Crippen molar-refractivity contribution in [2.45, 2.75) is 39.2 Å². The minimum atomic E-state index is -0.431. The molecule has 0 saturated heterocycles. The van der Waals surface area contributed by atoms with Crippen LogP contribution in [0.1, 0.15) is 33.1 Å². The quantitative estimate of drug-likeness (QED) is 0.535. The Hall–Kier alpha value is -1.52. The van der Waals surface area contributed by atoms with Gasteiger partial charge in [0.1, 0.15) is 0 Å². The molecule has 5 nitrogen and oxygen atoms in total. The molecule has 1 N–H and O–H groups in total. The SMILES string of the molecule is CCOC(=O)/C=C(/CC(=O)OCC)NC1CC1. The predicted molar refractivity (Wildman–Crippen MR) is 62.1 cm³/mol. The zero-order valence-electron chi connectivity index (χ0n) is 10.3. The molecule has 0 aromatic rings. The number of rotatable bonds is 7. The molecule has 17 heavy (non-hydrogen) atoms. The average molecular weight is 241 g/mol. The van der Waals surface area contributed by atoms with E-state index < -0.39 is 5.97 Å². The summed E-state index contributed by atoms with van der Waals surface area (Å²) < 4.78 is 9.65. The summed E-state index contributed by atoms with van der Waals surface area (Å²) in [7, 11) is 0. The van der Waals surface area contributed by atoms with Crippen LogP contribution in [-0.2, 0) is 19.1 Å².